The first-order valence-electron chi connectivity index (χ1n) is 11.6. The molecule has 0 aliphatic carbocycles. The minimum atomic E-state index is -0.949. The summed E-state index contributed by atoms with van der Waals surface area (Å²) in [5.41, 5.74) is 2.36. The van der Waals surface area contributed by atoms with Gasteiger partial charge in [-0.2, -0.15) is 0 Å². The van der Waals surface area contributed by atoms with Crippen molar-refractivity contribution in [3.8, 4) is 0 Å². The summed E-state index contributed by atoms with van der Waals surface area (Å²) in [6, 6.07) is 18.0. The van der Waals surface area contributed by atoms with E-state index in [1.165, 1.54) is 24.3 Å². The molecule has 0 saturated carbocycles. The maximum absolute atomic E-state index is 13.8. The quantitative estimate of drug-likeness (QED) is 0.313. The molecule has 3 aromatic rings. The van der Waals surface area contributed by atoms with Crippen LogP contribution in [0.1, 0.15) is 17.2 Å². The van der Waals surface area contributed by atoms with Gasteiger partial charge < -0.3 is 10.2 Å². The first-order chi connectivity index (χ1) is 17.8. The highest BCUT2D eigenvalue weighted by Gasteiger charge is 2.64. The van der Waals surface area contributed by atoms with Gasteiger partial charge in [0.05, 0.1) is 28.5 Å². The standard InChI is InChI=1S/C27H19ClN4O5/c28-16-5-7-17(8-6-16)29-25(33)24-22-21(23-20-4-2-1-3-15(20)13-14-30(23)24)26(34)31(27(22)35)18-9-11-19(12-10-18)32(36)37/h1-14,21-24H,(H,29,33). The number of imide groups is 1. The monoisotopic (exact) mass is 514 g/mol. The van der Waals surface area contributed by atoms with Crippen LogP contribution in [-0.4, -0.2) is 33.6 Å². The van der Waals surface area contributed by atoms with Gasteiger partial charge in [0.15, 0.2) is 0 Å². The van der Waals surface area contributed by atoms with Gasteiger partial charge in [0, 0.05) is 29.0 Å². The normalized spacial score (nSPS) is 23.5. The van der Waals surface area contributed by atoms with Crippen LogP contribution in [0.5, 0.6) is 0 Å². The minimum Gasteiger partial charge on any atom is -0.357 e. The van der Waals surface area contributed by atoms with Gasteiger partial charge in [-0.05, 0) is 53.6 Å². The summed E-state index contributed by atoms with van der Waals surface area (Å²) in [5.74, 6) is -3.13. The molecule has 6 rings (SSSR count). The van der Waals surface area contributed by atoms with E-state index in [-0.39, 0.29) is 11.4 Å². The molecule has 0 bridgehead atoms. The number of anilines is 2. The average molecular weight is 515 g/mol. The molecule has 3 heterocycles. The van der Waals surface area contributed by atoms with Crippen molar-refractivity contribution in [3.63, 3.8) is 0 Å². The molecule has 0 radical (unpaired) electrons. The van der Waals surface area contributed by atoms with Gasteiger partial charge in [0.2, 0.25) is 17.7 Å². The van der Waals surface area contributed by atoms with Crippen molar-refractivity contribution < 1.29 is 19.3 Å². The van der Waals surface area contributed by atoms with Crippen LogP contribution >= 0.6 is 11.6 Å². The molecule has 4 atom stereocenters. The van der Waals surface area contributed by atoms with Crippen molar-refractivity contribution in [1.29, 1.82) is 0 Å². The number of nitrogens with one attached hydrogen (secondary N) is 1. The maximum atomic E-state index is 13.8. The number of fused-ring (bicyclic) bond motifs is 5. The number of halogens is 1. The van der Waals surface area contributed by atoms with Gasteiger partial charge in [0.1, 0.15) is 6.04 Å². The molecule has 0 aromatic heterocycles. The largest absolute Gasteiger partial charge is 0.357 e. The van der Waals surface area contributed by atoms with Crippen molar-refractivity contribution in [2.24, 2.45) is 11.8 Å². The van der Waals surface area contributed by atoms with E-state index in [0.29, 0.717) is 10.7 Å². The smallest absolute Gasteiger partial charge is 0.269 e. The third kappa shape index (κ3) is 3.58. The Morgan fingerprint density at radius 1 is 0.919 bits per heavy atom. The van der Waals surface area contributed by atoms with Gasteiger partial charge in [-0.15, -0.1) is 0 Å². The topological polar surface area (TPSA) is 113 Å². The lowest BCUT2D eigenvalue weighted by Crippen LogP contribution is -2.46. The van der Waals surface area contributed by atoms with E-state index >= 15 is 0 Å². The van der Waals surface area contributed by atoms with Crippen molar-refractivity contribution in [2.45, 2.75) is 12.1 Å². The van der Waals surface area contributed by atoms with E-state index in [9.17, 15) is 24.5 Å². The lowest BCUT2D eigenvalue weighted by Gasteiger charge is -2.35. The molecule has 4 unspecified atom stereocenters. The van der Waals surface area contributed by atoms with E-state index in [4.69, 9.17) is 11.6 Å². The molecule has 9 nitrogen and oxygen atoms in total. The Hall–Kier alpha value is -4.50. The molecule has 1 N–H and O–H groups in total. The van der Waals surface area contributed by atoms with Crippen LogP contribution in [0.2, 0.25) is 5.02 Å². The number of carbonyl (C=O) groups is 3. The minimum absolute atomic E-state index is 0.152. The van der Waals surface area contributed by atoms with Crippen LogP contribution in [0.15, 0.2) is 79.0 Å². The van der Waals surface area contributed by atoms with Gasteiger partial charge >= 0.3 is 0 Å². The molecule has 184 valence electrons. The number of nitro benzene ring substituents is 1. The number of non-ortho nitro benzene ring substituents is 1. The number of carbonyl (C=O) groups excluding carboxylic acids is 3. The zero-order valence-electron chi connectivity index (χ0n) is 19.2. The first-order valence-corrected chi connectivity index (χ1v) is 12.0. The molecule has 2 saturated heterocycles. The number of nitro groups is 1. The second kappa shape index (κ2) is 8.56. The van der Waals surface area contributed by atoms with Crippen molar-refractivity contribution >= 4 is 52.5 Å². The first kappa shape index (κ1) is 22.9. The lowest BCUT2D eigenvalue weighted by atomic mass is 9.84. The van der Waals surface area contributed by atoms with Crippen molar-refractivity contribution in [1.82, 2.24) is 4.90 Å². The molecule has 37 heavy (non-hydrogen) atoms. The highest BCUT2D eigenvalue weighted by atomic mass is 35.5. The van der Waals surface area contributed by atoms with E-state index in [2.05, 4.69) is 5.32 Å². The SMILES string of the molecule is O=C(Nc1ccc(Cl)cc1)C1C2C(=O)N(c3ccc([N+](=O)[O-])cc3)C(=O)C2C2c3ccccc3C=CN12. The van der Waals surface area contributed by atoms with Crippen LogP contribution < -0.4 is 10.2 Å². The predicted molar refractivity (Wildman–Crippen MR) is 136 cm³/mol. The third-order valence-electron chi connectivity index (χ3n) is 7.16. The molecule has 10 heteroatoms. The third-order valence-corrected chi connectivity index (χ3v) is 7.41. The zero-order chi connectivity index (χ0) is 25.8. The number of nitrogens with zero attached hydrogens (tertiary/aromatic N) is 3. The van der Waals surface area contributed by atoms with Crippen LogP contribution in [0.3, 0.4) is 0 Å². The molecule has 0 spiro atoms. The molecule has 3 amide bonds. The van der Waals surface area contributed by atoms with Crippen LogP contribution in [0.25, 0.3) is 6.08 Å². The number of benzene rings is 3. The fourth-order valence-electron chi connectivity index (χ4n) is 5.58. The van der Waals surface area contributed by atoms with Gasteiger partial charge in [-0.25, -0.2) is 4.90 Å². The predicted octanol–water partition coefficient (Wildman–Crippen LogP) is 4.40. The maximum Gasteiger partial charge on any atom is 0.269 e. The summed E-state index contributed by atoms with van der Waals surface area (Å²) in [6.45, 7) is 0. The van der Waals surface area contributed by atoms with Gasteiger partial charge in [-0.1, -0.05) is 35.9 Å². The van der Waals surface area contributed by atoms with E-state index in [0.717, 1.165) is 16.0 Å². The summed E-state index contributed by atoms with van der Waals surface area (Å²) in [4.78, 5) is 54.7. The second-order valence-electron chi connectivity index (χ2n) is 9.11. The number of rotatable bonds is 4. The number of hydrogen-bond acceptors (Lipinski definition) is 6. The summed E-state index contributed by atoms with van der Waals surface area (Å²) >= 11 is 5.97. The van der Waals surface area contributed by atoms with Crippen LogP contribution in [0, 0.1) is 22.0 Å². The Kier molecular flexibility index (Phi) is 5.31. The molecular formula is C27H19ClN4O5. The van der Waals surface area contributed by atoms with Crippen LogP contribution in [-0.2, 0) is 14.4 Å². The second-order valence-corrected chi connectivity index (χ2v) is 9.55. The Morgan fingerprint density at radius 2 is 1.59 bits per heavy atom. The molecule has 2 fully saturated rings. The molecule has 3 aliphatic heterocycles. The summed E-state index contributed by atoms with van der Waals surface area (Å²) in [7, 11) is 0. The van der Waals surface area contributed by atoms with Crippen LogP contribution in [0.4, 0.5) is 17.1 Å². The fraction of sp³-hybridized carbons (Fsp3) is 0.148. The summed E-state index contributed by atoms with van der Waals surface area (Å²) < 4.78 is 0. The Labute approximate surface area is 216 Å². The molecular weight excluding hydrogens is 496 g/mol. The van der Waals surface area contributed by atoms with E-state index in [1.54, 1.807) is 35.4 Å². The Morgan fingerprint density at radius 3 is 2.30 bits per heavy atom. The van der Waals surface area contributed by atoms with E-state index in [1.807, 2.05) is 30.3 Å². The lowest BCUT2D eigenvalue weighted by molar-refractivity contribution is -0.384. The fourth-order valence-corrected chi connectivity index (χ4v) is 5.71. The van der Waals surface area contributed by atoms with Gasteiger partial charge in [-0.3, -0.25) is 24.5 Å². The van der Waals surface area contributed by atoms with Crippen molar-refractivity contribution in [2.75, 3.05) is 10.2 Å². The summed E-state index contributed by atoms with van der Waals surface area (Å²) in [6.07, 6.45) is 3.65. The summed E-state index contributed by atoms with van der Waals surface area (Å²) in [5, 5.41) is 14.5. The highest BCUT2D eigenvalue weighted by Crippen LogP contribution is 2.53. The highest BCUT2D eigenvalue weighted by molar-refractivity contribution is 6.30. The van der Waals surface area contributed by atoms with Crippen molar-refractivity contribution in [3.05, 3.63) is 105 Å². The number of amides is 3. The van der Waals surface area contributed by atoms with E-state index < -0.39 is 46.6 Å². The molecule has 3 aliphatic rings. The average Bonchev–Trinajstić information content (AvgIpc) is 3.38. The zero-order valence-corrected chi connectivity index (χ0v) is 19.9. The van der Waals surface area contributed by atoms with Gasteiger partial charge in [0.25, 0.3) is 5.69 Å². The number of hydrogen-bond donors (Lipinski definition) is 1. The Balaban J connectivity index is 1.42. The molecule has 3 aromatic carbocycles. The Bertz CT molecular complexity index is 1490.